The molecule has 0 aliphatic carbocycles. The lowest BCUT2D eigenvalue weighted by molar-refractivity contribution is -0.459. The molecule has 3 heteroatoms. The Hall–Kier alpha value is -1.02. The van der Waals surface area contributed by atoms with E-state index in [1.807, 2.05) is 49.3 Å². The van der Waals surface area contributed by atoms with Crippen molar-refractivity contribution in [3.05, 3.63) is 29.3 Å². The molecule has 2 nitrogen and oxygen atoms in total. The Morgan fingerprint density at radius 1 is 1.33 bits per heavy atom. The number of anilines is 1. The van der Waals surface area contributed by atoms with Crippen molar-refractivity contribution < 1.29 is 4.58 Å². The monoisotopic (exact) mass is 183 g/mol. The summed E-state index contributed by atoms with van der Waals surface area (Å²) in [4.78, 5) is 0. The van der Waals surface area contributed by atoms with Crippen molar-refractivity contribution in [3.8, 4) is 0 Å². The molecule has 0 radical (unpaired) electrons. The van der Waals surface area contributed by atoms with Crippen LogP contribution in [0.1, 0.15) is 0 Å². The minimum atomic E-state index is 0.732. The van der Waals surface area contributed by atoms with Gasteiger partial charge < -0.3 is 0 Å². The molecule has 1 aromatic rings. The summed E-state index contributed by atoms with van der Waals surface area (Å²) in [5, 5.41) is 3.81. The summed E-state index contributed by atoms with van der Waals surface area (Å²) in [6.07, 6.45) is 1.85. The summed E-state index contributed by atoms with van der Waals surface area (Å²) in [5.74, 6) is 0. The molecule has 0 aliphatic rings. The van der Waals surface area contributed by atoms with Crippen LogP contribution in [0.25, 0.3) is 0 Å². The molecule has 0 saturated heterocycles. The van der Waals surface area contributed by atoms with Gasteiger partial charge in [0.2, 0.25) is 6.34 Å². The quantitative estimate of drug-likeness (QED) is 0.422. The first-order valence-electron chi connectivity index (χ1n) is 3.71. The zero-order valence-corrected chi connectivity index (χ0v) is 7.97. The van der Waals surface area contributed by atoms with Crippen LogP contribution in [0.2, 0.25) is 5.02 Å². The highest BCUT2D eigenvalue weighted by atomic mass is 35.5. The number of nitrogens with zero attached hydrogens (tertiary/aromatic N) is 1. The van der Waals surface area contributed by atoms with Gasteiger partial charge in [-0.15, -0.1) is 0 Å². The molecule has 0 atom stereocenters. The first-order valence-corrected chi connectivity index (χ1v) is 4.09. The smallest absolute Gasteiger partial charge is 0.236 e. The fraction of sp³-hybridized carbons (Fsp3) is 0.222. The fourth-order valence-electron chi connectivity index (χ4n) is 0.777. The van der Waals surface area contributed by atoms with Crippen molar-refractivity contribution in [2.75, 3.05) is 19.4 Å². The van der Waals surface area contributed by atoms with Gasteiger partial charge >= 0.3 is 0 Å². The highest BCUT2D eigenvalue weighted by Crippen LogP contribution is 2.19. The summed E-state index contributed by atoms with van der Waals surface area (Å²) in [6, 6.07) is 7.64. The topological polar surface area (TPSA) is 15.0 Å². The number of halogens is 1. The van der Waals surface area contributed by atoms with Gasteiger partial charge in [0, 0.05) is 0 Å². The molecule has 0 fully saturated rings. The molecule has 0 unspecified atom stereocenters. The molecule has 0 aromatic heterocycles. The van der Waals surface area contributed by atoms with Gasteiger partial charge in [-0.2, -0.15) is 0 Å². The van der Waals surface area contributed by atoms with Gasteiger partial charge in [-0.25, -0.2) is 5.32 Å². The van der Waals surface area contributed by atoms with Crippen LogP contribution in [-0.4, -0.2) is 25.0 Å². The van der Waals surface area contributed by atoms with E-state index in [0.717, 1.165) is 10.7 Å². The van der Waals surface area contributed by atoms with E-state index in [2.05, 4.69) is 5.32 Å². The Bertz CT molecular complexity index is 290. The maximum Gasteiger partial charge on any atom is 0.236 e. The van der Waals surface area contributed by atoms with Crippen LogP contribution in [0.5, 0.6) is 0 Å². The molecular formula is C9H12ClN2+. The summed E-state index contributed by atoms with van der Waals surface area (Å²) in [6.45, 7) is 0. The Morgan fingerprint density at radius 3 is 2.58 bits per heavy atom. The van der Waals surface area contributed by atoms with Gasteiger partial charge in [-0.05, 0) is 12.1 Å². The predicted molar refractivity (Wildman–Crippen MR) is 53.2 cm³/mol. The normalized spacial score (nSPS) is 9.25. The lowest BCUT2D eigenvalue weighted by Crippen LogP contribution is -2.07. The number of hydrogen-bond donors (Lipinski definition) is 1. The molecule has 0 amide bonds. The maximum atomic E-state index is 5.91. The fourth-order valence-corrected chi connectivity index (χ4v) is 0.967. The van der Waals surface area contributed by atoms with Crippen molar-refractivity contribution in [2.24, 2.45) is 0 Å². The minimum absolute atomic E-state index is 0.732. The van der Waals surface area contributed by atoms with Crippen LogP contribution in [0, 0.1) is 0 Å². The predicted octanol–water partition coefficient (Wildman–Crippen LogP) is 2.05. The van der Waals surface area contributed by atoms with Crippen molar-refractivity contribution in [1.82, 2.24) is 0 Å². The van der Waals surface area contributed by atoms with Crippen LogP contribution < -0.4 is 5.32 Å². The van der Waals surface area contributed by atoms with E-state index in [1.165, 1.54) is 0 Å². The van der Waals surface area contributed by atoms with Crippen LogP contribution in [0.4, 0.5) is 5.69 Å². The van der Waals surface area contributed by atoms with E-state index in [-0.39, 0.29) is 0 Å². The second-order valence-corrected chi connectivity index (χ2v) is 3.12. The Kier molecular flexibility index (Phi) is 3.11. The van der Waals surface area contributed by atoms with E-state index < -0.39 is 0 Å². The lowest BCUT2D eigenvalue weighted by atomic mass is 10.3. The zero-order valence-electron chi connectivity index (χ0n) is 7.21. The van der Waals surface area contributed by atoms with Crippen LogP contribution in [-0.2, 0) is 0 Å². The first-order chi connectivity index (χ1) is 5.70. The minimum Gasteiger partial charge on any atom is -0.273 e. The third-order valence-electron chi connectivity index (χ3n) is 1.35. The average molecular weight is 184 g/mol. The molecule has 64 valence electrons. The Morgan fingerprint density at radius 2 is 2.00 bits per heavy atom. The van der Waals surface area contributed by atoms with E-state index in [9.17, 15) is 0 Å². The van der Waals surface area contributed by atoms with Gasteiger partial charge in [-0.3, -0.25) is 4.58 Å². The zero-order chi connectivity index (χ0) is 8.97. The van der Waals surface area contributed by atoms with Crippen molar-refractivity contribution in [3.63, 3.8) is 0 Å². The highest BCUT2D eigenvalue weighted by molar-refractivity contribution is 6.33. The molecule has 0 spiro atoms. The summed E-state index contributed by atoms with van der Waals surface area (Å²) < 4.78 is 1.92. The van der Waals surface area contributed by atoms with Gasteiger partial charge in [0.15, 0.2) is 0 Å². The van der Waals surface area contributed by atoms with E-state index in [0.29, 0.717) is 0 Å². The number of benzene rings is 1. The Labute approximate surface area is 77.5 Å². The van der Waals surface area contributed by atoms with Crippen molar-refractivity contribution >= 4 is 23.6 Å². The number of para-hydroxylation sites is 1. The second-order valence-electron chi connectivity index (χ2n) is 2.72. The first kappa shape index (κ1) is 9.07. The van der Waals surface area contributed by atoms with E-state index in [1.54, 1.807) is 0 Å². The molecule has 1 N–H and O–H groups in total. The molecule has 12 heavy (non-hydrogen) atoms. The average Bonchev–Trinajstić information content (AvgIpc) is 2.03. The standard InChI is InChI=1S/C9H11ClN2/c1-12(2)7-11-9-6-4-3-5-8(9)10/h3-7H,1-2H3/p+1. The highest BCUT2D eigenvalue weighted by Gasteiger charge is 1.99. The number of rotatable bonds is 2. The third-order valence-corrected chi connectivity index (χ3v) is 1.68. The number of hydrogen-bond acceptors (Lipinski definition) is 0. The molecule has 1 rings (SSSR count). The maximum absolute atomic E-state index is 5.91. The summed E-state index contributed by atoms with van der Waals surface area (Å²) in [5.41, 5.74) is 0.924. The SMILES string of the molecule is C[N+](C)=CNc1ccccc1Cl. The second kappa shape index (κ2) is 4.12. The number of nitrogens with one attached hydrogen (secondary N) is 1. The largest absolute Gasteiger partial charge is 0.273 e. The van der Waals surface area contributed by atoms with Crippen molar-refractivity contribution in [1.29, 1.82) is 0 Å². The Balaban J connectivity index is 2.76. The molecule has 0 aliphatic heterocycles. The van der Waals surface area contributed by atoms with Crippen LogP contribution in [0.3, 0.4) is 0 Å². The van der Waals surface area contributed by atoms with Crippen LogP contribution >= 0.6 is 11.6 Å². The molecule has 1 aromatic carbocycles. The van der Waals surface area contributed by atoms with Crippen molar-refractivity contribution in [2.45, 2.75) is 0 Å². The van der Waals surface area contributed by atoms with Gasteiger partial charge in [0.05, 0.1) is 19.1 Å². The van der Waals surface area contributed by atoms with E-state index >= 15 is 0 Å². The molecular weight excluding hydrogens is 172 g/mol. The van der Waals surface area contributed by atoms with E-state index in [4.69, 9.17) is 11.6 Å². The van der Waals surface area contributed by atoms with Gasteiger partial charge in [0.25, 0.3) is 0 Å². The van der Waals surface area contributed by atoms with Gasteiger partial charge in [0.1, 0.15) is 5.69 Å². The molecule has 0 heterocycles. The summed E-state index contributed by atoms with van der Waals surface area (Å²) >= 11 is 5.91. The van der Waals surface area contributed by atoms with Gasteiger partial charge in [-0.1, -0.05) is 23.7 Å². The molecule has 0 saturated carbocycles. The van der Waals surface area contributed by atoms with Crippen LogP contribution in [0.15, 0.2) is 24.3 Å². The summed E-state index contributed by atoms with van der Waals surface area (Å²) in [7, 11) is 3.90. The third kappa shape index (κ3) is 2.55. The lowest BCUT2D eigenvalue weighted by Gasteiger charge is -1.96. The molecule has 0 bridgehead atoms.